The number of amides is 2. The van der Waals surface area contributed by atoms with Crippen molar-refractivity contribution in [2.75, 3.05) is 50.7 Å². The Kier molecular flexibility index (Phi) is 7.58. The summed E-state index contributed by atoms with van der Waals surface area (Å²) < 4.78 is 0. The van der Waals surface area contributed by atoms with E-state index in [1.807, 2.05) is 43.0 Å². The zero-order valence-electron chi connectivity index (χ0n) is 19.5. The minimum absolute atomic E-state index is 0.0737. The van der Waals surface area contributed by atoms with E-state index in [9.17, 15) is 4.79 Å². The molecule has 2 fully saturated rings. The monoisotopic (exact) mass is 436 g/mol. The van der Waals surface area contributed by atoms with Gasteiger partial charge in [0.25, 0.3) is 0 Å². The number of carbonyl (C=O) groups excluding carboxylic acids is 1. The zero-order valence-corrected chi connectivity index (χ0v) is 19.5. The van der Waals surface area contributed by atoms with Crippen molar-refractivity contribution in [3.05, 3.63) is 53.3 Å². The van der Waals surface area contributed by atoms with Crippen LogP contribution in [0.25, 0.3) is 0 Å². The van der Waals surface area contributed by atoms with Crippen molar-refractivity contribution in [2.45, 2.75) is 45.6 Å². The summed E-state index contributed by atoms with van der Waals surface area (Å²) in [5, 5.41) is 3.10. The molecule has 1 N–H and O–H groups in total. The topological polar surface area (TPSA) is 64.6 Å². The lowest BCUT2D eigenvalue weighted by Crippen LogP contribution is -2.47. The zero-order chi connectivity index (χ0) is 22.3. The van der Waals surface area contributed by atoms with Crippen LogP contribution in [-0.2, 0) is 6.42 Å². The van der Waals surface area contributed by atoms with Crippen LogP contribution < -0.4 is 10.2 Å². The molecular weight excluding hydrogens is 400 g/mol. The number of nitrogens with zero attached hydrogens (tertiary/aromatic N) is 5. The summed E-state index contributed by atoms with van der Waals surface area (Å²) >= 11 is 0. The van der Waals surface area contributed by atoms with Gasteiger partial charge in [-0.2, -0.15) is 0 Å². The van der Waals surface area contributed by atoms with Gasteiger partial charge in [0.2, 0.25) is 5.95 Å². The molecule has 0 unspecified atom stereocenters. The number of urea groups is 1. The normalized spacial score (nSPS) is 18.4. The SMILES string of the molecule is Cc1cc(C)nc(N2CCC(N3CCCN(C(=O)NCCc4ccccc4)CC3)CC2)n1. The van der Waals surface area contributed by atoms with Crippen LogP contribution in [0.2, 0.25) is 0 Å². The van der Waals surface area contributed by atoms with E-state index >= 15 is 0 Å². The number of benzene rings is 1. The number of carbonyl (C=O) groups is 1. The molecule has 172 valence electrons. The molecule has 2 aliphatic rings. The average Bonchev–Trinajstić information content (AvgIpc) is 3.06. The molecule has 1 aromatic carbocycles. The minimum Gasteiger partial charge on any atom is -0.341 e. The maximum absolute atomic E-state index is 12.7. The maximum Gasteiger partial charge on any atom is 0.317 e. The van der Waals surface area contributed by atoms with E-state index in [0.29, 0.717) is 12.6 Å². The van der Waals surface area contributed by atoms with Gasteiger partial charge in [-0.1, -0.05) is 30.3 Å². The van der Waals surface area contributed by atoms with Gasteiger partial charge in [0, 0.05) is 63.2 Å². The molecule has 0 spiro atoms. The van der Waals surface area contributed by atoms with E-state index in [0.717, 1.165) is 82.3 Å². The molecule has 7 nitrogen and oxygen atoms in total. The summed E-state index contributed by atoms with van der Waals surface area (Å²) in [5.41, 5.74) is 3.32. The number of nitrogens with one attached hydrogen (secondary N) is 1. The van der Waals surface area contributed by atoms with Crippen molar-refractivity contribution in [1.82, 2.24) is 25.1 Å². The predicted molar refractivity (Wildman–Crippen MR) is 128 cm³/mol. The van der Waals surface area contributed by atoms with Gasteiger partial charge in [0.05, 0.1) is 0 Å². The average molecular weight is 437 g/mol. The van der Waals surface area contributed by atoms with Gasteiger partial charge >= 0.3 is 6.03 Å². The first kappa shape index (κ1) is 22.5. The molecule has 0 bridgehead atoms. The molecule has 2 aliphatic heterocycles. The van der Waals surface area contributed by atoms with Gasteiger partial charge in [-0.15, -0.1) is 0 Å². The van der Waals surface area contributed by atoms with Crippen molar-refractivity contribution < 1.29 is 4.79 Å². The highest BCUT2D eigenvalue weighted by molar-refractivity contribution is 5.74. The molecule has 32 heavy (non-hydrogen) atoms. The number of hydrogen-bond donors (Lipinski definition) is 1. The summed E-state index contributed by atoms with van der Waals surface area (Å²) in [6.07, 6.45) is 4.15. The van der Waals surface area contributed by atoms with E-state index in [1.54, 1.807) is 0 Å². The van der Waals surface area contributed by atoms with Gasteiger partial charge in [0.15, 0.2) is 0 Å². The largest absolute Gasteiger partial charge is 0.341 e. The molecule has 0 saturated carbocycles. The molecular formula is C25H36N6O. The van der Waals surface area contributed by atoms with Crippen molar-refractivity contribution in [3.63, 3.8) is 0 Å². The first-order chi connectivity index (χ1) is 15.6. The summed E-state index contributed by atoms with van der Waals surface area (Å²) in [6.45, 7) is 10.4. The Morgan fingerprint density at radius 2 is 1.69 bits per heavy atom. The van der Waals surface area contributed by atoms with E-state index in [-0.39, 0.29) is 6.03 Å². The summed E-state index contributed by atoms with van der Waals surface area (Å²) in [5.74, 6) is 0.871. The molecule has 2 amide bonds. The van der Waals surface area contributed by atoms with Gasteiger partial charge in [-0.3, -0.25) is 4.90 Å². The van der Waals surface area contributed by atoms with Crippen molar-refractivity contribution in [3.8, 4) is 0 Å². The standard InChI is InChI=1S/C25H36N6O/c1-20-19-21(2)28-24(27-20)30-15-10-23(11-16-30)29-13-6-14-31(18-17-29)25(32)26-12-9-22-7-4-3-5-8-22/h3-5,7-8,19,23H,6,9-18H2,1-2H3,(H,26,32). The summed E-state index contributed by atoms with van der Waals surface area (Å²) in [7, 11) is 0. The fourth-order valence-electron chi connectivity index (χ4n) is 4.86. The van der Waals surface area contributed by atoms with Crippen LogP contribution in [0, 0.1) is 13.8 Å². The van der Waals surface area contributed by atoms with Gasteiger partial charge in [-0.05, 0) is 51.2 Å². The number of piperidine rings is 1. The molecule has 0 aliphatic carbocycles. The molecule has 3 heterocycles. The molecule has 0 radical (unpaired) electrons. The summed E-state index contributed by atoms with van der Waals surface area (Å²) in [4.78, 5) is 28.8. The van der Waals surface area contributed by atoms with Crippen LogP contribution >= 0.6 is 0 Å². The van der Waals surface area contributed by atoms with Crippen molar-refractivity contribution in [1.29, 1.82) is 0 Å². The minimum atomic E-state index is 0.0737. The van der Waals surface area contributed by atoms with Crippen LogP contribution in [0.1, 0.15) is 36.2 Å². The maximum atomic E-state index is 12.7. The Labute approximate surface area is 191 Å². The Bertz CT molecular complexity index is 861. The van der Waals surface area contributed by atoms with Crippen LogP contribution in [-0.4, -0.2) is 77.7 Å². The van der Waals surface area contributed by atoms with E-state index < -0.39 is 0 Å². The van der Waals surface area contributed by atoms with Crippen LogP contribution in [0.3, 0.4) is 0 Å². The first-order valence-corrected chi connectivity index (χ1v) is 12.0. The van der Waals surface area contributed by atoms with Crippen LogP contribution in [0.4, 0.5) is 10.7 Å². The molecule has 4 rings (SSSR count). The molecule has 0 atom stereocenters. The van der Waals surface area contributed by atoms with Crippen molar-refractivity contribution in [2.24, 2.45) is 0 Å². The second-order valence-corrected chi connectivity index (χ2v) is 9.01. The fraction of sp³-hybridized carbons (Fsp3) is 0.560. The Hall–Kier alpha value is -2.67. The van der Waals surface area contributed by atoms with E-state index in [4.69, 9.17) is 0 Å². The third kappa shape index (κ3) is 5.97. The van der Waals surface area contributed by atoms with E-state index in [2.05, 4.69) is 37.2 Å². The highest BCUT2D eigenvalue weighted by Crippen LogP contribution is 2.22. The smallest absolute Gasteiger partial charge is 0.317 e. The molecule has 2 aromatic rings. The Morgan fingerprint density at radius 3 is 2.41 bits per heavy atom. The highest BCUT2D eigenvalue weighted by Gasteiger charge is 2.28. The number of aromatic nitrogens is 2. The lowest BCUT2D eigenvalue weighted by molar-refractivity contribution is 0.169. The van der Waals surface area contributed by atoms with Crippen molar-refractivity contribution >= 4 is 12.0 Å². The Morgan fingerprint density at radius 1 is 0.969 bits per heavy atom. The second-order valence-electron chi connectivity index (χ2n) is 9.01. The highest BCUT2D eigenvalue weighted by atomic mass is 16.2. The third-order valence-electron chi connectivity index (χ3n) is 6.58. The number of hydrogen-bond acceptors (Lipinski definition) is 5. The lowest BCUT2D eigenvalue weighted by Gasteiger charge is -2.38. The Balaban J connectivity index is 1.22. The van der Waals surface area contributed by atoms with Crippen LogP contribution in [0.15, 0.2) is 36.4 Å². The summed E-state index contributed by atoms with van der Waals surface area (Å²) in [6, 6.07) is 13.0. The predicted octanol–water partition coefficient (Wildman–Crippen LogP) is 3.02. The fourth-order valence-corrected chi connectivity index (χ4v) is 4.86. The second kappa shape index (κ2) is 10.8. The van der Waals surface area contributed by atoms with Crippen LogP contribution in [0.5, 0.6) is 0 Å². The molecule has 1 aromatic heterocycles. The van der Waals surface area contributed by atoms with E-state index in [1.165, 1.54) is 5.56 Å². The molecule has 7 heteroatoms. The van der Waals surface area contributed by atoms with Gasteiger partial charge < -0.3 is 15.1 Å². The number of rotatable bonds is 5. The number of aryl methyl sites for hydroxylation is 2. The van der Waals surface area contributed by atoms with Gasteiger partial charge in [0.1, 0.15) is 0 Å². The third-order valence-corrected chi connectivity index (χ3v) is 6.58. The lowest BCUT2D eigenvalue weighted by atomic mass is 10.0. The number of anilines is 1. The first-order valence-electron chi connectivity index (χ1n) is 12.0. The van der Waals surface area contributed by atoms with Gasteiger partial charge in [-0.25, -0.2) is 14.8 Å². The quantitative estimate of drug-likeness (QED) is 0.781. The molecule has 2 saturated heterocycles.